The van der Waals surface area contributed by atoms with E-state index in [-0.39, 0.29) is 24.5 Å². The Balaban J connectivity index is 2.29. The lowest BCUT2D eigenvalue weighted by atomic mass is 10.1. The van der Waals surface area contributed by atoms with E-state index in [4.69, 9.17) is 5.26 Å². The van der Waals surface area contributed by atoms with Gasteiger partial charge in [0.15, 0.2) is 0 Å². The van der Waals surface area contributed by atoms with Crippen LogP contribution < -0.4 is 5.32 Å². The van der Waals surface area contributed by atoms with E-state index >= 15 is 0 Å². The van der Waals surface area contributed by atoms with Gasteiger partial charge in [-0.15, -0.1) is 0 Å². The van der Waals surface area contributed by atoms with Crippen LogP contribution >= 0.6 is 0 Å². The van der Waals surface area contributed by atoms with Crippen LogP contribution in [0.15, 0.2) is 24.4 Å². The Bertz CT molecular complexity index is 711. The van der Waals surface area contributed by atoms with Crippen LogP contribution in [0.4, 0.5) is 10.1 Å². The molecule has 3 N–H and O–H groups in total. The van der Waals surface area contributed by atoms with E-state index in [0.29, 0.717) is 22.5 Å². The molecule has 0 aliphatic heterocycles. The number of nitriles is 1. The van der Waals surface area contributed by atoms with E-state index in [1.165, 1.54) is 18.3 Å². The molecule has 21 heavy (non-hydrogen) atoms. The van der Waals surface area contributed by atoms with E-state index in [9.17, 15) is 14.6 Å². The normalized spacial score (nSPS) is 10.2. The lowest BCUT2D eigenvalue weighted by molar-refractivity contribution is 0.279. The maximum absolute atomic E-state index is 13.1. The fraction of sp³-hybridized carbons (Fsp3) is 0.200. The summed E-state index contributed by atoms with van der Waals surface area (Å²) in [4.78, 5) is 3.97. The van der Waals surface area contributed by atoms with Gasteiger partial charge in [-0.3, -0.25) is 4.98 Å². The van der Waals surface area contributed by atoms with Crippen LogP contribution in [0, 0.1) is 24.1 Å². The summed E-state index contributed by atoms with van der Waals surface area (Å²) in [7, 11) is 0. The van der Waals surface area contributed by atoms with Crippen LogP contribution in [-0.2, 0) is 13.2 Å². The molecule has 0 aliphatic carbocycles. The first-order valence-corrected chi connectivity index (χ1v) is 6.27. The van der Waals surface area contributed by atoms with Gasteiger partial charge in [-0.1, -0.05) is 0 Å². The summed E-state index contributed by atoms with van der Waals surface area (Å²) in [5.74, 6) is -0.495. The number of pyridine rings is 1. The summed E-state index contributed by atoms with van der Waals surface area (Å²) in [6.07, 6.45) is 1.49. The predicted octanol–water partition coefficient (Wildman–Crippen LogP) is 2.21. The average molecular weight is 287 g/mol. The number of anilines is 1. The number of aryl methyl sites for hydroxylation is 1. The minimum Gasteiger partial charge on any atom is -0.506 e. The van der Waals surface area contributed by atoms with Gasteiger partial charge in [0.25, 0.3) is 0 Å². The maximum atomic E-state index is 13.1. The van der Waals surface area contributed by atoms with Crippen molar-refractivity contribution in [2.45, 2.75) is 20.1 Å². The summed E-state index contributed by atoms with van der Waals surface area (Å²) in [5, 5.41) is 31.3. The summed E-state index contributed by atoms with van der Waals surface area (Å²) >= 11 is 0. The van der Waals surface area contributed by atoms with Gasteiger partial charge in [0.2, 0.25) is 0 Å². The molecule has 0 bridgehead atoms. The standard InChI is InChI=1S/C15H14FN3O2/c1-9-15(21)13(11(8-20)6-18-9)7-19-14-3-2-12(16)4-10(14)5-17/h2-4,6,19-21H,7-8H2,1H3. The summed E-state index contributed by atoms with van der Waals surface area (Å²) in [6, 6.07) is 5.73. The van der Waals surface area contributed by atoms with Crippen molar-refractivity contribution in [3.05, 3.63) is 52.6 Å². The first-order chi connectivity index (χ1) is 10.1. The van der Waals surface area contributed by atoms with Gasteiger partial charge in [0.1, 0.15) is 17.6 Å². The lowest BCUT2D eigenvalue weighted by Crippen LogP contribution is -2.06. The second-order valence-corrected chi connectivity index (χ2v) is 4.51. The van der Waals surface area contributed by atoms with Crippen molar-refractivity contribution in [2.24, 2.45) is 0 Å². The number of hydrogen-bond donors (Lipinski definition) is 3. The Morgan fingerprint density at radius 3 is 2.86 bits per heavy atom. The van der Waals surface area contributed by atoms with Crippen molar-refractivity contribution < 1.29 is 14.6 Å². The number of benzene rings is 1. The number of halogens is 1. The molecule has 0 atom stereocenters. The van der Waals surface area contributed by atoms with Crippen LogP contribution in [0.5, 0.6) is 5.75 Å². The highest BCUT2D eigenvalue weighted by Crippen LogP contribution is 2.25. The first kappa shape index (κ1) is 14.8. The Kier molecular flexibility index (Phi) is 4.36. The monoisotopic (exact) mass is 287 g/mol. The number of nitrogens with zero attached hydrogens (tertiary/aromatic N) is 2. The zero-order valence-corrected chi connectivity index (χ0v) is 11.4. The van der Waals surface area contributed by atoms with E-state index in [1.54, 1.807) is 6.92 Å². The maximum Gasteiger partial charge on any atom is 0.142 e. The fourth-order valence-electron chi connectivity index (χ4n) is 1.96. The number of aromatic nitrogens is 1. The molecule has 1 aromatic heterocycles. The molecule has 6 heteroatoms. The molecule has 0 saturated heterocycles. The molecule has 0 unspecified atom stereocenters. The molecule has 108 valence electrons. The van der Waals surface area contributed by atoms with Gasteiger partial charge >= 0.3 is 0 Å². The SMILES string of the molecule is Cc1ncc(CO)c(CNc2ccc(F)cc2C#N)c1O. The summed E-state index contributed by atoms with van der Waals surface area (Å²) < 4.78 is 13.1. The molecule has 0 radical (unpaired) electrons. The molecular weight excluding hydrogens is 273 g/mol. The second-order valence-electron chi connectivity index (χ2n) is 4.51. The van der Waals surface area contributed by atoms with E-state index < -0.39 is 5.82 Å². The molecule has 1 heterocycles. The smallest absolute Gasteiger partial charge is 0.142 e. The number of nitrogens with one attached hydrogen (secondary N) is 1. The van der Waals surface area contributed by atoms with Crippen molar-refractivity contribution in [3.8, 4) is 11.8 Å². The molecule has 1 aromatic carbocycles. The molecular formula is C15H14FN3O2. The number of aliphatic hydroxyl groups excluding tert-OH is 1. The molecule has 0 amide bonds. The Labute approximate surface area is 121 Å². The molecule has 5 nitrogen and oxygen atoms in total. The van der Waals surface area contributed by atoms with Crippen molar-refractivity contribution >= 4 is 5.69 Å². The number of hydrogen-bond acceptors (Lipinski definition) is 5. The van der Waals surface area contributed by atoms with Gasteiger partial charge in [-0.05, 0) is 25.1 Å². The minimum atomic E-state index is -0.490. The molecule has 0 spiro atoms. The third kappa shape index (κ3) is 3.09. The lowest BCUT2D eigenvalue weighted by Gasteiger charge is -2.13. The van der Waals surface area contributed by atoms with Gasteiger partial charge < -0.3 is 15.5 Å². The Morgan fingerprint density at radius 2 is 2.19 bits per heavy atom. The molecule has 2 aromatic rings. The number of aliphatic hydroxyl groups is 1. The Hall–Kier alpha value is -2.65. The molecule has 2 rings (SSSR count). The quantitative estimate of drug-likeness (QED) is 0.802. The van der Waals surface area contributed by atoms with Crippen LogP contribution in [0.2, 0.25) is 0 Å². The first-order valence-electron chi connectivity index (χ1n) is 6.27. The molecule has 0 saturated carbocycles. The van der Waals surface area contributed by atoms with Gasteiger partial charge in [0.05, 0.1) is 23.6 Å². The zero-order valence-electron chi connectivity index (χ0n) is 11.4. The van der Waals surface area contributed by atoms with Crippen LogP contribution in [0.3, 0.4) is 0 Å². The van der Waals surface area contributed by atoms with E-state index in [1.807, 2.05) is 6.07 Å². The van der Waals surface area contributed by atoms with Crippen molar-refractivity contribution in [3.63, 3.8) is 0 Å². The zero-order chi connectivity index (χ0) is 15.4. The van der Waals surface area contributed by atoms with Gasteiger partial charge in [0, 0.05) is 23.9 Å². The highest BCUT2D eigenvalue weighted by atomic mass is 19.1. The predicted molar refractivity (Wildman–Crippen MR) is 75.0 cm³/mol. The number of aromatic hydroxyl groups is 1. The minimum absolute atomic E-state index is 0.00494. The third-order valence-electron chi connectivity index (χ3n) is 3.16. The summed E-state index contributed by atoms with van der Waals surface area (Å²) in [6.45, 7) is 1.58. The van der Waals surface area contributed by atoms with Crippen LogP contribution in [-0.4, -0.2) is 15.2 Å². The van der Waals surface area contributed by atoms with Crippen molar-refractivity contribution in [1.82, 2.24) is 4.98 Å². The Morgan fingerprint density at radius 1 is 1.43 bits per heavy atom. The van der Waals surface area contributed by atoms with Crippen LogP contribution in [0.25, 0.3) is 0 Å². The van der Waals surface area contributed by atoms with E-state index in [0.717, 1.165) is 6.07 Å². The third-order valence-corrected chi connectivity index (χ3v) is 3.16. The molecule has 0 fully saturated rings. The fourth-order valence-corrected chi connectivity index (χ4v) is 1.96. The van der Waals surface area contributed by atoms with Crippen molar-refractivity contribution in [1.29, 1.82) is 5.26 Å². The highest BCUT2D eigenvalue weighted by Gasteiger charge is 2.12. The summed E-state index contributed by atoms with van der Waals surface area (Å²) in [5.41, 5.74) is 2.07. The second kappa shape index (κ2) is 6.20. The molecule has 0 aliphatic rings. The highest BCUT2D eigenvalue weighted by molar-refractivity contribution is 5.58. The number of rotatable bonds is 4. The van der Waals surface area contributed by atoms with Gasteiger partial charge in [-0.2, -0.15) is 5.26 Å². The van der Waals surface area contributed by atoms with Crippen molar-refractivity contribution in [2.75, 3.05) is 5.32 Å². The van der Waals surface area contributed by atoms with Crippen LogP contribution in [0.1, 0.15) is 22.4 Å². The van der Waals surface area contributed by atoms with Gasteiger partial charge in [-0.25, -0.2) is 4.39 Å². The topological polar surface area (TPSA) is 89.2 Å². The largest absolute Gasteiger partial charge is 0.506 e. The average Bonchev–Trinajstić information content (AvgIpc) is 2.49. The van der Waals surface area contributed by atoms with E-state index in [2.05, 4.69) is 10.3 Å².